The van der Waals surface area contributed by atoms with Gasteiger partial charge < -0.3 is 15.5 Å². The molecule has 174 valence electrons. The molecule has 32 heavy (non-hydrogen) atoms. The monoisotopic (exact) mass is 508 g/mol. The van der Waals surface area contributed by atoms with Gasteiger partial charge in [-0.25, -0.2) is 4.79 Å². The fourth-order valence-electron chi connectivity index (χ4n) is 3.18. The molecule has 2 aromatic rings. The van der Waals surface area contributed by atoms with Crippen LogP contribution in [0.2, 0.25) is 0 Å². The van der Waals surface area contributed by atoms with Gasteiger partial charge in [-0.05, 0) is 33.8 Å². The maximum Gasteiger partial charge on any atom is 0.330 e. The number of aromatic nitrogens is 3. The van der Waals surface area contributed by atoms with E-state index in [0.29, 0.717) is 10.0 Å². The lowest BCUT2D eigenvalue weighted by Crippen LogP contribution is -2.47. The number of anilines is 2. The zero-order valence-corrected chi connectivity index (χ0v) is 20.5. The van der Waals surface area contributed by atoms with Gasteiger partial charge in [0, 0.05) is 37.0 Å². The summed E-state index contributed by atoms with van der Waals surface area (Å²) < 4.78 is 1.89. The molecule has 10 nitrogen and oxygen atoms in total. The summed E-state index contributed by atoms with van der Waals surface area (Å²) in [6, 6.07) is 1.60. The third-order valence-corrected chi connectivity index (χ3v) is 4.99. The first-order valence-electron chi connectivity index (χ1n) is 10.2. The van der Waals surface area contributed by atoms with Gasteiger partial charge >= 0.3 is 5.69 Å². The van der Waals surface area contributed by atoms with Crippen molar-refractivity contribution < 1.29 is 9.59 Å². The molecule has 0 saturated heterocycles. The summed E-state index contributed by atoms with van der Waals surface area (Å²) in [6.45, 7) is 7.77. The number of likely N-dealkylation sites (N-methyl/N-ethyl adjacent to an activating group) is 1. The number of carbonyl (C=O) groups excluding carboxylic acids is 2. The molecule has 0 unspecified atom stereocenters. The van der Waals surface area contributed by atoms with Crippen molar-refractivity contribution in [3.63, 3.8) is 0 Å². The molecule has 3 N–H and O–H groups in total. The Labute approximate surface area is 194 Å². The molecule has 2 amide bonds. The highest BCUT2D eigenvalue weighted by Crippen LogP contribution is 2.20. The van der Waals surface area contributed by atoms with Gasteiger partial charge in [-0.2, -0.15) is 0 Å². The number of halogens is 1. The molecule has 0 spiro atoms. The van der Waals surface area contributed by atoms with Crippen LogP contribution in [0.5, 0.6) is 0 Å². The van der Waals surface area contributed by atoms with Crippen molar-refractivity contribution in [3.8, 4) is 0 Å². The Morgan fingerprint density at radius 1 is 1.19 bits per heavy atom. The van der Waals surface area contributed by atoms with E-state index in [2.05, 4.69) is 25.9 Å². The van der Waals surface area contributed by atoms with E-state index < -0.39 is 23.1 Å². The minimum atomic E-state index is -0.744. The third-order valence-electron chi connectivity index (χ3n) is 4.55. The van der Waals surface area contributed by atoms with Gasteiger partial charge in [-0.3, -0.25) is 28.9 Å². The molecule has 2 aromatic heterocycles. The Kier molecular flexibility index (Phi) is 8.37. The number of carbonyl (C=O) groups is 2. The normalized spacial score (nSPS) is 11.1. The lowest BCUT2D eigenvalue weighted by molar-refractivity contribution is -0.119. The molecule has 0 aliphatic heterocycles. The second kappa shape index (κ2) is 10.6. The van der Waals surface area contributed by atoms with Gasteiger partial charge in [0.05, 0.1) is 5.56 Å². The molecule has 0 aliphatic carbocycles. The number of nitrogens with two attached hydrogens (primary N) is 1. The Hall–Kier alpha value is -2.95. The number of nitrogens with one attached hydrogen (secondary N) is 1. The van der Waals surface area contributed by atoms with Crippen LogP contribution in [-0.4, -0.2) is 51.4 Å². The molecule has 0 saturated carbocycles. The number of nitrogen functional groups attached to an aromatic ring is 1. The number of nitrogens with zero attached hydrogens (tertiary/aromatic N) is 4. The zero-order chi connectivity index (χ0) is 24.2. The van der Waals surface area contributed by atoms with Crippen LogP contribution in [0.4, 0.5) is 11.5 Å². The summed E-state index contributed by atoms with van der Waals surface area (Å²) in [5.74, 6) is -0.886. The lowest BCUT2D eigenvalue weighted by Gasteiger charge is -2.28. The van der Waals surface area contributed by atoms with Crippen LogP contribution in [0.15, 0.2) is 32.5 Å². The van der Waals surface area contributed by atoms with Gasteiger partial charge in [-0.15, -0.1) is 0 Å². The van der Waals surface area contributed by atoms with Crippen molar-refractivity contribution in [2.45, 2.75) is 34.2 Å². The van der Waals surface area contributed by atoms with E-state index in [1.54, 1.807) is 12.3 Å². The molecule has 0 fully saturated rings. The highest BCUT2D eigenvalue weighted by molar-refractivity contribution is 9.10. The van der Waals surface area contributed by atoms with E-state index in [4.69, 9.17) is 5.73 Å². The van der Waals surface area contributed by atoms with Crippen LogP contribution in [0, 0.1) is 11.8 Å². The first-order chi connectivity index (χ1) is 14.9. The largest absolute Gasteiger partial charge is 0.383 e. The van der Waals surface area contributed by atoms with Crippen LogP contribution in [-0.2, 0) is 11.3 Å². The number of pyridine rings is 1. The van der Waals surface area contributed by atoms with Crippen LogP contribution in [0.1, 0.15) is 38.1 Å². The van der Waals surface area contributed by atoms with E-state index >= 15 is 0 Å². The first-order valence-corrected chi connectivity index (χ1v) is 11.0. The molecule has 2 heterocycles. The van der Waals surface area contributed by atoms with Crippen LogP contribution >= 0.6 is 15.9 Å². The van der Waals surface area contributed by atoms with Crippen molar-refractivity contribution in [2.24, 2.45) is 11.8 Å². The lowest BCUT2D eigenvalue weighted by atomic mass is 10.2. The summed E-state index contributed by atoms with van der Waals surface area (Å²) in [5.41, 5.74) is 5.05. The molecular formula is C21H29BrN6O4. The molecule has 0 bridgehead atoms. The minimum absolute atomic E-state index is 0.00138. The van der Waals surface area contributed by atoms with Crippen molar-refractivity contribution in [1.82, 2.24) is 19.4 Å². The molecule has 2 rings (SSSR count). The standard InChI is InChI=1S/C21H29BrN6O4/c1-12(2)9-27(17-18(23)28(10-13(3)4)21(32)25-19(17)30)16(29)11-26(5)20(31)14-6-15(22)8-24-7-14/h6-8,12-13H,9-11,23H2,1-5H3,(H,25,30,32). The van der Waals surface area contributed by atoms with Gasteiger partial charge in [0.1, 0.15) is 12.4 Å². The summed E-state index contributed by atoms with van der Waals surface area (Å²) in [7, 11) is 1.49. The topological polar surface area (TPSA) is 134 Å². The van der Waals surface area contributed by atoms with Crippen molar-refractivity contribution in [2.75, 3.05) is 30.8 Å². The van der Waals surface area contributed by atoms with Crippen LogP contribution in [0.3, 0.4) is 0 Å². The van der Waals surface area contributed by atoms with E-state index in [1.807, 2.05) is 27.7 Å². The number of aromatic amines is 1. The fraction of sp³-hybridized carbons (Fsp3) is 0.476. The Bertz CT molecular complexity index is 1110. The molecule has 0 aromatic carbocycles. The zero-order valence-electron chi connectivity index (χ0n) is 18.9. The number of amides is 2. The highest BCUT2D eigenvalue weighted by Gasteiger charge is 2.27. The summed E-state index contributed by atoms with van der Waals surface area (Å²) in [6.07, 6.45) is 2.96. The van der Waals surface area contributed by atoms with Crippen molar-refractivity contribution in [1.29, 1.82) is 0 Å². The second-order valence-corrected chi connectivity index (χ2v) is 9.36. The van der Waals surface area contributed by atoms with E-state index in [9.17, 15) is 19.2 Å². The van der Waals surface area contributed by atoms with E-state index in [0.717, 1.165) is 0 Å². The van der Waals surface area contributed by atoms with Crippen LogP contribution in [0.25, 0.3) is 0 Å². The first kappa shape index (κ1) is 25.3. The average molecular weight is 509 g/mol. The predicted octanol–water partition coefficient (Wildman–Crippen LogP) is 1.69. The molecule has 0 radical (unpaired) electrons. The van der Waals surface area contributed by atoms with E-state index in [1.165, 1.54) is 27.6 Å². The number of H-pyrrole nitrogens is 1. The Balaban J connectivity index is 2.42. The maximum atomic E-state index is 13.2. The molecule has 0 atom stereocenters. The third kappa shape index (κ3) is 6.06. The molecular weight excluding hydrogens is 480 g/mol. The summed E-state index contributed by atoms with van der Waals surface area (Å²) >= 11 is 3.27. The van der Waals surface area contributed by atoms with Gasteiger partial charge in [-0.1, -0.05) is 27.7 Å². The van der Waals surface area contributed by atoms with Crippen molar-refractivity contribution in [3.05, 3.63) is 49.3 Å². The average Bonchev–Trinajstić information content (AvgIpc) is 2.69. The van der Waals surface area contributed by atoms with Gasteiger partial charge in [0.2, 0.25) is 5.91 Å². The van der Waals surface area contributed by atoms with E-state index in [-0.39, 0.29) is 43.0 Å². The Morgan fingerprint density at radius 2 is 1.84 bits per heavy atom. The number of hydrogen-bond acceptors (Lipinski definition) is 6. The van der Waals surface area contributed by atoms with Crippen molar-refractivity contribution >= 4 is 39.2 Å². The minimum Gasteiger partial charge on any atom is -0.383 e. The maximum absolute atomic E-state index is 13.2. The summed E-state index contributed by atoms with van der Waals surface area (Å²) in [5, 5.41) is 0. The molecule has 0 aliphatic rings. The van der Waals surface area contributed by atoms with Crippen LogP contribution < -0.4 is 21.9 Å². The second-order valence-electron chi connectivity index (χ2n) is 8.45. The quantitative estimate of drug-likeness (QED) is 0.556. The predicted molar refractivity (Wildman–Crippen MR) is 127 cm³/mol. The SMILES string of the molecule is CC(C)CN(C(=O)CN(C)C(=O)c1cncc(Br)c1)c1c(N)n(CC(C)C)c(=O)[nH]c1=O. The fourth-order valence-corrected chi connectivity index (χ4v) is 3.54. The van der Waals surface area contributed by atoms with Gasteiger partial charge in [0.15, 0.2) is 5.69 Å². The summed E-state index contributed by atoms with van der Waals surface area (Å²) in [4.78, 5) is 59.6. The van der Waals surface area contributed by atoms with Gasteiger partial charge in [0.25, 0.3) is 11.5 Å². The number of rotatable bonds is 8. The number of hydrogen-bond donors (Lipinski definition) is 2. The smallest absolute Gasteiger partial charge is 0.330 e. The Morgan fingerprint density at radius 3 is 2.41 bits per heavy atom. The molecule has 11 heteroatoms. The highest BCUT2D eigenvalue weighted by atomic mass is 79.9.